The van der Waals surface area contributed by atoms with Crippen molar-refractivity contribution in [3.8, 4) is 22.9 Å². The highest BCUT2D eigenvalue weighted by molar-refractivity contribution is 5.93. The van der Waals surface area contributed by atoms with E-state index in [1.54, 1.807) is 17.9 Å². The molecule has 1 saturated heterocycles. The number of amides is 1. The Hall–Kier alpha value is -3.97. The van der Waals surface area contributed by atoms with Gasteiger partial charge in [-0.25, -0.2) is 0 Å². The van der Waals surface area contributed by atoms with Gasteiger partial charge < -0.3 is 20.1 Å². The molecule has 0 bridgehead atoms. The number of nitriles is 1. The minimum absolute atomic E-state index is 0.0293. The van der Waals surface area contributed by atoms with E-state index < -0.39 is 0 Å². The van der Waals surface area contributed by atoms with E-state index in [0.29, 0.717) is 46.4 Å². The smallest absolute Gasteiger partial charge is 0.228 e. The summed E-state index contributed by atoms with van der Waals surface area (Å²) < 4.78 is 13.4. The monoisotopic (exact) mass is 487 g/mol. The van der Waals surface area contributed by atoms with Crippen molar-refractivity contribution in [2.45, 2.75) is 51.7 Å². The van der Waals surface area contributed by atoms with Crippen molar-refractivity contribution >= 4 is 23.1 Å². The largest absolute Gasteiger partial charge is 0.494 e. The molecule has 186 valence electrons. The Balaban J connectivity index is 1.43. The molecule has 2 fully saturated rings. The number of methoxy groups -OCH3 is 1. The molecule has 0 spiro atoms. The van der Waals surface area contributed by atoms with Gasteiger partial charge >= 0.3 is 0 Å². The first-order chi connectivity index (χ1) is 17.6. The summed E-state index contributed by atoms with van der Waals surface area (Å²) in [6.45, 7) is 3.20. The number of rotatable bonds is 8. The van der Waals surface area contributed by atoms with E-state index in [0.717, 1.165) is 44.3 Å². The van der Waals surface area contributed by atoms with Crippen molar-refractivity contribution in [2.24, 2.45) is 5.92 Å². The van der Waals surface area contributed by atoms with Gasteiger partial charge in [0.05, 0.1) is 36.8 Å². The first-order valence-electron chi connectivity index (χ1n) is 12.2. The highest BCUT2D eigenvalue weighted by atomic mass is 16.5. The molecule has 10 nitrogen and oxygen atoms in total. The van der Waals surface area contributed by atoms with Crippen LogP contribution >= 0.6 is 0 Å². The van der Waals surface area contributed by atoms with Gasteiger partial charge in [0.15, 0.2) is 11.5 Å². The van der Waals surface area contributed by atoms with Crippen LogP contribution in [0.5, 0.6) is 5.75 Å². The van der Waals surface area contributed by atoms with Gasteiger partial charge in [0.1, 0.15) is 11.8 Å². The summed E-state index contributed by atoms with van der Waals surface area (Å²) in [5.41, 5.74) is 3.82. The third-order valence-corrected chi connectivity index (χ3v) is 6.49. The number of carbonyl (C=O) groups excluding carboxylic acids is 1. The zero-order valence-corrected chi connectivity index (χ0v) is 20.5. The van der Waals surface area contributed by atoms with E-state index in [-0.39, 0.29) is 17.9 Å². The van der Waals surface area contributed by atoms with Crippen molar-refractivity contribution in [1.82, 2.24) is 20.0 Å². The Morgan fingerprint density at radius 2 is 2.08 bits per heavy atom. The molecule has 1 atom stereocenters. The molecule has 1 amide bonds. The fraction of sp³-hybridized carbons (Fsp3) is 0.423. The van der Waals surface area contributed by atoms with Gasteiger partial charge in [0.2, 0.25) is 5.91 Å². The summed E-state index contributed by atoms with van der Waals surface area (Å²) >= 11 is 0. The van der Waals surface area contributed by atoms with Gasteiger partial charge in [0.25, 0.3) is 0 Å². The van der Waals surface area contributed by atoms with Crippen LogP contribution in [0.2, 0.25) is 0 Å². The maximum Gasteiger partial charge on any atom is 0.228 e. The van der Waals surface area contributed by atoms with E-state index in [2.05, 4.69) is 32.0 Å². The molecule has 2 aliphatic rings. The van der Waals surface area contributed by atoms with Crippen LogP contribution in [-0.4, -0.2) is 45.7 Å². The van der Waals surface area contributed by atoms with E-state index in [1.165, 1.54) is 0 Å². The second-order valence-electron chi connectivity index (χ2n) is 9.22. The summed E-state index contributed by atoms with van der Waals surface area (Å²) in [5.74, 6) is 1.01. The molecule has 1 aliphatic heterocycles. The average Bonchev–Trinajstić information content (AvgIpc) is 3.67. The molecule has 0 radical (unpaired) electrons. The fourth-order valence-corrected chi connectivity index (χ4v) is 4.38. The van der Waals surface area contributed by atoms with Crippen molar-refractivity contribution in [1.29, 1.82) is 5.26 Å². The third-order valence-electron chi connectivity index (χ3n) is 6.49. The number of ether oxygens (including phenoxy) is 2. The van der Waals surface area contributed by atoms with Crippen molar-refractivity contribution in [2.75, 3.05) is 24.4 Å². The standard InChI is InChI=1S/C26H29N7O3/c1-16-22(12-24(31-30-16)29-26(34)17-9-10-17)28-21-8-5-7-19(25(21)35-2)20-15-33(32-23(20)13-27)14-18-6-3-4-11-36-18/h5,7-8,12,15,17-18H,3-4,6,9-11,14H2,1-2H3,(H2,28,29,31,34). The zero-order valence-electron chi connectivity index (χ0n) is 20.5. The van der Waals surface area contributed by atoms with Crippen molar-refractivity contribution in [3.05, 3.63) is 41.9 Å². The van der Waals surface area contributed by atoms with Crippen LogP contribution in [-0.2, 0) is 16.1 Å². The number of aromatic nitrogens is 4. The topological polar surface area (TPSA) is 127 Å². The molecular formula is C26H29N7O3. The number of aryl methyl sites for hydroxylation is 1. The molecule has 1 saturated carbocycles. The number of anilines is 3. The predicted octanol–water partition coefficient (Wildman–Crippen LogP) is 4.19. The summed E-state index contributed by atoms with van der Waals surface area (Å²) in [6, 6.07) is 9.66. The predicted molar refractivity (Wildman–Crippen MR) is 134 cm³/mol. The number of hydrogen-bond acceptors (Lipinski definition) is 8. The maximum absolute atomic E-state index is 12.2. The molecule has 5 rings (SSSR count). The molecule has 1 unspecified atom stereocenters. The molecular weight excluding hydrogens is 458 g/mol. The molecule has 1 aliphatic carbocycles. The molecule has 2 aromatic heterocycles. The van der Waals surface area contributed by atoms with E-state index in [9.17, 15) is 10.1 Å². The molecule has 2 N–H and O–H groups in total. The molecule has 1 aromatic carbocycles. The van der Waals surface area contributed by atoms with E-state index in [4.69, 9.17) is 9.47 Å². The van der Waals surface area contributed by atoms with Gasteiger partial charge in [-0.05, 0) is 45.1 Å². The summed E-state index contributed by atoms with van der Waals surface area (Å²) in [6.07, 6.45) is 7.02. The SMILES string of the molecule is COc1c(Nc2cc(NC(=O)C3CC3)nnc2C)cccc1-c1cn(CC2CCCCO2)nc1C#N. The molecule has 36 heavy (non-hydrogen) atoms. The average molecular weight is 488 g/mol. The number of benzene rings is 1. The number of nitrogens with zero attached hydrogens (tertiary/aromatic N) is 5. The lowest BCUT2D eigenvalue weighted by atomic mass is 10.0. The lowest BCUT2D eigenvalue weighted by Crippen LogP contribution is -2.24. The van der Waals surface area contributed by atoms with Gasteiger partial charge in [-0.3, -0.25) is 9.48 Å². The minimum Gasteiger partial charge on any atom is -0.494 e. The normalized spacial score (nSPS) is 17.3. The summed E-state index contributed by atoms with van der Waals surface area (Å²) in [4.78, 5) is 12.2. The van der Waals surface area contributed by atoms with Crippen LogP contribution in [0.25, 0.3) is 11.1 Å². The molecule has 3 aromatic rings. The van der Waals surface area contributed by atoms with Crippen LogP contribution in [0.3, 0.4) is 0 Å². The summed E-state index contributed by atoms with van der Waals surface area (Å²) in [7, 11) is 1.59. The highest BCUT2D eigenvalue weighted by Gasteiger charge is 2.30. The van der Waals surface area contributed by atoms with Crippen LogP contribution in [0.4, 0.5) is 17.2 Å². The van der Waals surface area contributed by atoms with Crippen LogP contribution in [0.15, 0.2) is 30.5 Å². The first kappa shape index (κ1) is 23.8. The highest BCUT2D eigenvalue weighted by Crippen LogP contribution is 2.39. The summed E-state index contributed by atoms with van der Waals surface area (Å²) in [5, 5.41) is 28.8. The van der Waals surface area contributed by atoms with Gasteiger partial charge in [-0.1, -0.05) is 12.1 Å². The Labute approximate surface area is 209 Å². The Kier molecular flexibility index (Phi) is 6.82. The lowest BCUT2D eigenvalue weighted by molar-refractivity contribution is -0.117. The Morgan fingerprint density at radius 3 is 2.81 bits per heavy atom. The maximum atomic E-state index is 12.2. The van der Waals surface area contributed by atoms with E-state index >= 15 is 0 Å². The quantitative estimate of drug-likeness (QED) is 0.484. The Morgan fingerprint density at radius 1 is 1.22 bits per heavy atom. The van der Waals surface area contributed by atoms with Gasteiger partial charge in [-0.15, -0.1) is 5.10 Å². The van der Waals surface area contributed by atoms with Crippen molar-refractivity contribution in [3.63, 3.8) is 0 Å². The number of hydrogen-bond donors (Lipinski definition) is 2. The van der Waals surface area contributed by atoms with Crippen LogP contribution < -0.4 is 15.4 Å². The second-order valence-corrected chi connectivity index (χ2v) is 9.22. The minimum atomic E-state index is -0.0293. The first-order valence-corrected chi connectivity index (χ1v) is 12.2. The van der Waals surface area contributed by atoms with E-state index in [1.807, 2.05) is 31.3 Å². The second kappa shape index (κ2) is 10.3. The number of para-hydroxylation sites is 1. The third kappa shape index (κ3) is 5.16. The van der Waals surface area contributed by atoms with Gasteiger partial charge in [-0.2, -0.15) is 15.5 Å². The molecule has 10 heteroatoms. The van der Waals surface area contributed by atoms with Crippen molar-refractivity contribution < 1.29 is 14.3 Å². The van der Waals surface area contributed by atoms with Crippen LogP contribution in [0.1, 0.15) is 43.5 Å². The van der Waals surface area contributed by atoms with Gasteiger partial charge in [0, 0.05) is 35.9 Å². The van der Waals surface area contributed by atoms with Crippen LogP contribution in [0, 0.1) is 24.2 Å². The zero-order chi connectivity index (χ0) is 25.1. The molecule has 3 heterocycles. The Bertz CT molecular complexity index is 1300. The number of carbonyl (C=O) groups is 1. The fourth-order valence-electron chi connectivity index (χ4n) is 4.38. The lowest BCUT2D eigenvalue weighted by Gasteiger charge is -2.22. The number of nitrogens with one attached hydrogen (secondary N) is 2.